The van der Waals surface area contributed by atoms with Gasteiger partial charge in [0.1, 0.15) is 0 Å². The van der Waals surface area contributed by atoms with Crippen molar-refractivity contribution in [2.45, 2.75) is 6.92 Å². The number of carbonyl (C=O) groups excluding carboxylic acids is 1. The minimum atomic E-state index is -4.03. The molecule has 0 fully saturated rings. The van der Waals surface area contributed by atoms with Crippen LogP contribution in [-0.2, 0) is 10.1 Å². The van der Waals surface area contributed by atoms with Gasteiger partial charge in [0, 0.05) is 15.7 Å². The van der Waals surface area contributed by atoms with Crippen LogP contribution in [0.2, 0.25) is 0 Å². The maximum atomic E-state index is 11.6. The van der Waals surface area contributed by atoms with Gasteiger partial charge in [-0.15, -0.1) is 0 Å². The van der Waals surface area contributed by atoms with Gasteiger partial charge in [0.15, 0.2) is 0 Å². The third kappa shape index (κ3) is 5.00. The first-order chi connectivity index (χ1) is 7.79. The number of hydrogen-bond donors (Lipinski definition) is 2. The summed E-state index contributed by atoms with van der Waals surface area (Å²) in [7, 11) is -4.03. The molecule has 0 atom stereocenters. The van der Waals surface area contributed by atoms with E-state index in [1.54, 1.807) is 12.1 Å². The van der Waals surface area contributed by atoms with Crippen LogP contribution in [0.25, 0.3) is 0 Å². The molecule has 1 amide bonds. The Morgan fingerprint density at radius 3 is 2.65 bits per heavy atom. The Balaban J connectivity index is 2.61. The number of aryl methyl sites for hydroxylation is 1. The van der Waals surface area contributed by atoms with Crippen LogP contribution >= 0.6 is 22.6 Å². The smallest absolute Gasteiger partial charge is 0.266 e. The lowest BCUT2D eigenvalue weighted by molar-refractivity contribution is 0.0956. The zero-order chi connectivity index (χ0) is 13.1. The molecular weight excluding hydrogens is 357 g/mol. The largest absolute Gasteiger partial charge is 0.351 e. The third-order valence-corrected chi connectivity index (χ3v) is 4.00. The van der Waals surface area contributed by atoms with Crippen LogP contribution in [0.5, 0.6) is 0 Å². The number of halogens is 1. The first-order valence-corrected chi connectivity index (χ1v) is 7.48. The molecule has 7 heteroatoms. The second kappa shape index (κ2) is 5.78. The van der Waals surface area contributed by atoms with Crippen molar-refractivity contribution in [1.29, 1.82) is 0 Å². The number of nitrogens with one attached hydrogen (secondary N) is 1. The van der Waals surface area contributed by atoms with Gasteiger partial charge >= 0.3 is 0 Å². The molecule has 0 saturated heterocycles. The molecule has 1 aromatic carbocycles. The summed E-state index contributed by atoms with van der Waals surface area (Å²) in [6, 6.07) is 5.20. The molecule has 5 nitrogen and oxygen atoms in total. The molecule has 0 aliphatic carbocycles. The van der Waals surface area contributed by atoms with Crippen molar-refractivity contribution < 1.29 is 17.8 Å². The maximum absolute atomic E-state index is 11.6. The van der Waals surface area contributed by atoms with Gasteiger partial charge in [0.25, 0.3) is 16.0 Å². The molecule has 0 saturated carbocycles. The van der Waals surface area contributed by atoms with Crippen molar-refractivity contribution in [1.82, 2.24) is 5.32 Å². The summed E-state index contributed by atoms with van der Waals surface area (Å²) < 4.78 is 30.5. The monoisotopic (exact) mass is 369 g/mol. The predicted octanol–water partition coefficient (Wildman–Crippen LogP) is 1.22. The molecular formula is C10H12INO4S. The first kappa shape index (κ1) is 14.4. The van der Waals surface area contributed by atoms with Crippen molar-refractivity contribution >= 4 is 38.6 Å². The summed E-state index contributed by atoms with van der Waals surface area (Å²) >= 11 is 2.16. The minimum Gasteiger partial charge on any atom is -0.351 e. The summed E-state index contributed by atoms with van der Waals surface area (Å²) in [5.41, 5.74) is 1.45. The molecule has 0 unspecified atom stereocenters. The van der Waals surface area contributed by atoms with Crippen LogP contribution < -0.4 is 5.32 Å². The molecule has 94 valence electrons. The van der Waals surface area contributed by atoms with Crippen LogP contribution in [0, 0.1) is 10.5 Å². The van der Waals surface area contributed by atoms with Gasteiger partial charge in [-0.1, -0.05) is 0 Å². The Labute approximate surface area is 113 Å². The second-order valence-electron chi connectivity index (χ2n) is 3.51. The molecule has 2 N–H and O–H groups in total. The third-order valence-electron chi connectivity index (χ3n) is 2.07. The van der Waals surface area contributed by atoms with E-state index in [0.717, 1.165) is 9.13 Å². The fraction of sp³-hybridized carbons (Fsp3) is 0.300. The second-order valence-corrected chi connectivity index (χ2v) is 6.24. The van der Waals surface area contributed by atoms with Gasteiger partial charge in [-0.3, -0.25) is 9.35 Å². The number of carbonyl (C=O) groups is 1. The molecule has 0 bridgehead atoms. The minimum absolute atomic E-state index is 0.108. The summed E-state index contributed by atoms with van der Waals surface area (Å²) in [6.07, 6.45) is 0. The molecule has 0 aliphatic heterocycles. The van der Waals surface area contributed by atoms with Gasteiger partial charge in [-0.2, -0.15) is 8.42 Å². The van der Waals surface area contributed by atoms with Crippen molar-refractivity contribution in [3.63, 3.8) is 0 Å². The molecule has 0 aliphatic rings. The molecule has 17 heavy (non-hydrogen) atoms. The average Bonchev–Trinajstić information content (AvgIpc) is 2.20. The Morgan fingerprint density at radius 1 is 1.47 bits per heavy atom. The summed E-state index contributed by atoms with van der Waals surface area (Å²) in [5, 5.41) is 2.42. The Bertz CT molecular complexity index is 527. The van der Waals surface area contributed by atoms with E-state index in [1.165, 1.54) is 0 Å². The molecule has 0 heterocycles. The zero-order valence-corrected chi connectivity index (χ0v) is 12.1. The van der Waals surface area contributed by atoms with E-state index < -0.39 is 15.9 Å². The van der Waals surface area contributed by atoms with E-state index in [1.807, 2.05) is 13.0 Å². The predicted molar refractivity (Wildman–Crippen MR) is 72.6 cm³/mol. The molecule has 1 aromatic rings. The summed E-state index contributed by atoms with van der Waals surface area (Å²) in [5.74, 6) is -0.838. The number of hydrogen-bond acceptors (Lipinski definition) is 3. The highest BCUT2D eigenvalue weighted by molar-refractivity contribution is 14.1. The van der Waals surface area contributed by atoms with Crippen molar-refractivity contribution in [2.75, 3.05) is 12.3 Å². The van der Waals surface area contributed by atoms with E-state index in [0.29, 0.717) is 5.56 Å². The fourth-order valence-electron chi connectivity index (χ4n) is 1.18. The first-order valence-electron chi connectivity index (χ1n) is 4.79. The number of rotatable bonds is 4. The highest BCUT2D eigenvalue weighted by atomic mass is 127. The van der Waals surface area contributed by atoms with Crippen LogP contribution in [-0.4, -0.2) is 31.2 Å². The highest BCUT2D eigenvalue weighted by Crippen LogP contribution is 2.13. The van der Waals surface area contributed by atoms with Crippen molar-refractivity contribution in [3.05, 3.63) is 32.9 Å². The number of amides is 1. The van der Waals surface area contributed by atoms with E-state index >= 15 is 0 Å². The SMILES string of the molecule is Cc1cc(C(=O)NCCS(=O)(=O)O)ccc1I. The fourth-order valence-corrected chi connectivity index (χ4v) is 1.88. The van der Waals surface area contributed by atoms with Gasteiger partial charge in [-0.25, -0.2) is 0 Å². The van der Waals surface area contributed by atoms with E-state index in [2.05, 4.69) is 27.9 Å². The molecule has 0 aromatic heterocycles. The van der Waals surface area contributed by atoms with Gasteiger partial charge in [0.2, 0.25) is 0 Å². The normalized spacial score (nSPS) is 11.2. The van der Waals surface area contributed by atoms with E-state index in [9.17, 15) is 13.2 Å². The maximum Gasteiger partial charge on any atom is 0.266 e. The van der Waals surface area contributed by atoms with Crippen LogP contribution in [0.1, 0.15) is 15.9 Å². The quantitative estimate of drug-likeness (QED) is 0.618. The lowest BCUT2D eigenvalue weighted by atomic mass is 10.1. The van der Waals surface area contributed by atoms with Crippen LogP contribution in [0.4, 0.5) is 0 Å². The standard InChI is InChI=1S/C10H12INO4S/c1-7-6-8(2-3-9(7)11)10(13)12-4-5-17(14,15)16/h2-3,6H,4-5H2,1H3,(H,12,13)(H,14,15,16). The Morgan fingerprint density at radius 2 is 2.12 bits per heavy atom. The van der Waals surface area contributed by atoms with E-state index in [4.69, 9.17) is 4.55 Å². The topological polar surface area (TPSA) is 83.5 Å². The van der Waals surface area contributed by atoms with Crippen LogP contribution in [0.3, 0.4) is 0 Å². The molecule has 1 rings (SSSR count). The molecule has 0 spiro atoms. The van der Waals surface area contributed by atoms with Crippen molar-refractivity contribution in [2.24, 2.45) is 0 Å². The van der Waals surface area contributed by atoms with Gasteiger partial charge < -0.3 is 5.32 Å². The van der Waals surface area contributed by atoms with Gasteiger partial charge in [-0.05, 0) is 53.3 Å². The Hall–Kier alpha value is -0.670. The van der Waals surface area contributed by atoms with E-state index in [-0.39, 0.29) is 12.5 Å². The van der Waals surface area contributed by atoms with Crippen LogP contribution in [0.15, 0.2) is 18.2 Å². The summed E-state index contributed by atoms with van der Waals surface area (Å²) in [4.78, 5) is 11.6. The molecule has 0 radical (unpaired) electrons. The van der Waals surface area contributed by atoms with Crippen molar-refractivity contribution in [3.8, 4) is 0 Å². The Kier molecular flexibility index (Phi) is 4.90. The zero-order valence-electron chi connectivity index (χ0n) is 9.10. The summed E-state index contributed by atoms with van der Waals surface area (Å²) in [6.45, 7) is 1.78. The lowest BCUT2D eigenvalue weighted by Crippen LogP contribution is -2.28. The van der Waals surface area contributed by atoms with Gasteiger partial charge in [0.05, 0.1) is 5.75 Å². The number of benzene rings is 1. The average molecular weight is 369 g/mol. The highest BCUT2D eigenvalue weighted by Gasteiger charge is 2.09. The lowest BCUT2D eigenvalue weighted by Gasteiger charge is -2.05.